The van der Waals surface area contributed by atoms with Gasteiger partial charge in [0.05, 0.1) is 38.1 Å². The molecule has 0 radical (unpaired) electrons. The number of aliphatic hydroxyl groups excluding tert-OH is 1. The number of aliphatic hydroxyl groups is 1. The normalized spacial score (nSPS) is 42.5. The van der Waals surface area contributed by atoms with Crippen molar-refractivity contribution in [2.45, 2.75) is 141 Å². The first-order chi connectivity index (χ1) is 24.9. The molecule has 298 valence electrons. The van der Waals surface area contributed by atoms with E-state index in [9.17, 15) is 19.5 Å². The number of methoxy groups -OCH3 is 2. The molecule has 4 aliphatic rings. The van der Waals surface area contributed by atoms with E-state index in [1.807, 2.05) is 58.8 Å². The molecule has 4 heterocycles. The standard InChI is InChI=1S/C39H61N3O11/c1-13-28-39(8)32(41-37(46)53-39)21(4)29-19(2)18-38(7,52-34(40-29)25-15-14-24(47-11)17-27(25)48-12)33(22(5)30(43)23(6)35(45)50-28)51-36-31(44)26(42(9)10)16-20(3)49-36/h14-15,17,19-23,26,28-29,31-34,36,40,44H,13,16,18H2,1-12H3,(H,41,46)/t19-,20-,21+,22+,23-,26+,28-,29+,31-,32?,33-,34?,36+,38?,39-/m1/s1. The molecule has 3 N–H and O–H groups in total. The Bertz CT molecular complexity index is 1490. The number of fused-ring (bicyclic) bond motifs is 4. The Hall–Kier alpha value is -3.01. The van der Waals surface area contributed by atoms with Crippen LogP contribution in [0.2, 0.25) is 0 Å². The quantitative estimate of drug-likeness (QED) is 0.272. The first-order valence-corrected chi connectivity index (χ1v) is 18.9. The molecular formula is C39H61N3O11. The summed E-state index contributed by atoms with van der Waals surface area (Å²) in [5.41, 5.74) is -1.79. The van der Waals surface area contributed by atoms with Crippen molar-refractivity contribution < 1.29 is 52.6 Å². The number of nitrogens with zero attached hydrogens (tertiary/aromatic N) is 1. The molecule has 4 aliphatic heterocycles. The van der Waals surface area contributed by atoms with Gasteiger partial charge in [-0.1, -0.05) is 27.7 Å². The van der Waals surface area contributed by atoms with Crippen LogP contribution in [-0.2, 0) is 33.3 Å². The van der Waals surface area contributed by atoms with Gasteiger partial charge >= 0.3 is 12.1 Å². The van der Waals surface area contributed by atoms with Crippen LogP contribution in [0.25, 0.3) is 0 Å². The van der Waals surface area contributed by atoms with Gasteiger partial charge in [0.15, 0.2) is 17.7 Å². The van der Waals surface area contributed by atoms with Gasteiger partial charge in [-0.3, -0.25) is 14.9 Å². The van der Waals surface area contributed by atoms with Gasteiger partial charge < -0.3 is 48.5 Å². The third-order valence-corrected chi connectivity index (χ3v) is 12.2. The summed E-state index contributed by atoms with van der Waals surface area (Å²) in [6.07, 6.45) is -4.36. The van der Waals surface area contributed by atoms with Crippen molar-refractivity contribution in [3.05, 3.63) is 23.8 Å². The number of Topliss-reactive ketones (excluding diaryl/α,β-unsaturated/α-hetero) is 1. The number of hydrogen-bond donors (Lipinski definition) is 3. The molecule has 1 aromatic carbocycles. The van der Waals surface area contributed by atoms with E-state index in [0.717, 1.165) is 0 Å². The number of cyclic esters (lactones) is 1. The van der Waals surface area contributed by atoms with Gasteiger partial charge in [0.2, 0.25) is 0 Å². The molecule has 4 saturated heterocycles. The van der Waals surface area contributed by atoms with E-state index in [0.29, 0.717) is 36.3 Å². The fraction of sp³-hybridized carbons (Fsp3) is 0.769. The Morgan fingerprint density at radius 3 is 2.36 bits per heavy atom. The Labute approximate surface area is 313 Å². The smallest absolute Gasteiger partial charge is 0.408 e. The van der Waals surface area contributed by atoms with Crippen LogP contribution in [0, 0.1) is 23.7 Å². The number of likely N-dealkylation sites (N-methyl/N-ethyl adjacent to an activating group) is 1. The third kappa shape index (κ3) is 7.90. The van der Waals surface area contributed by atoms with E-state index in [1.54, 1.807) is 34.1 Å². The summed E-state index contributed by atoms with van der Waals surface area (Å²) in [5.74, 6) is -2.60. The number of ether oxygens (including phenoxy) is 7. The number of alkyl carbamates (subject to hydrolysis) is 1. The maximum absolute atomic E-state index is 14.5. The SMILES string of the molecule is CC[C@H]1OC(=O)[C@H](C)C(=O)[C@H](C)[C@@H](O[C@@H]2O[C@H](C)C[C@H](N(C)C)[C@H]2O)C2(C)C[C@@H](C)[C@H](NC(c3ccc(OC)cc3OC)O2)[C@H](C)C2NC(=O)O[C@@]21C. The molecule has 0 aliphatic carbocycles. The second kappa shape index (κ2) is 16.0. The molecule has 5 rings (SSSR count). The number of carbonyl (C=O) groups is 3. The zero-order chi connectivity index (χ0) is 39.2. The number of amides is 1. The summed E-state index contributed by atoms with van der Waals surface area (Å²) in [7, 11) is 6.94. The van der Waals surface area contributed by atoms with Crippen LogP contribution in [0.5, 0.6) is 11.5 Å². The molecule has 3 unspecified atom stereocenters. The number of nitrogens with one attached hydrogen (secondary N) is 2. The lowest BCUT2D eigenvalue weighted by atomic mass is 9.72. The van der Waals surface area contributed by atoms with Crippen molar-refractivity contribution in [3.63, 3.8) is 0 Å². The number of hydrogen-bond acceptors (Lipinski definition) is 13. The van der Waals surface area contributed by atoms with Gasteiger partial charge in [-0.05, 0) is 85.0 Å². The molecule has 4 fully saturated rings. The van der Waals surface area contributed by atoms with Crippen LogP contribution in [0.3, 0.4) is 0 Å². The summed E-state index contributed by atoms with van der Waals surface area (Å²) < 4.78 is 43.7. The zero-order valence-corrected chi connectivity index (χ0v) is 33.3. The average molecular weight is 748 g/mol. The minimum absolute atomic E-state index is 0.145. The minimum atomic E-state index is -1.25. The molecule has 0 saturated carbocycles. The maximum atomic E-state index is 14.5. The Balaban J connectivity index is 1.70. The molecule has 53 heavy (non-hydrogen) atoms. The van der Waals surface area contributed by atoms with E-state index >= 15 is 0 Å². The van der Waals surface area contributed by atoms with E-state index in [-0.39, 0.29) is 30.0 Å². The molecule has 2 bridgehead atoms. The molecule has 14 heteroatoms. The van der Waals surface area contributed by atoms with Gasteiger partial charge in [0, 0.05) is 29.6 Å². The van der Waals surface area contributed by atoms with Gasteiger partial charge in [-0.25, -0.2) is 4.79 Å². The van der Waals surface area contributed by atoms with Crippen LogP contribution < -0.4 is 20.1 Å². The topological polar surface area (TPSA) is 163 Å². The van der Waals surface area contributed by atoms with Crippen LogP contribution in [0.1, 0.15) is 86.4 Å². The van der Waals surface area contributed by atoms with E-state index in [1.165, 1.54) is 6.92 Å². The largest absolute Gasteiger partial charge is 0.497 e. The first kappa shape index (κ1) is 41.2. The first-order valence-electron chi connectivity index (χ1n) is 18.9. The summed E-state index contributed by atoms with van der Waals surface area (Å²) in [6.45, 7) is 14.9. The Morgan fingerprint density at radius 1 is 1.04 bits per heavy atom. The van der Waals surface area contributed by atoms with E-state index < -0.39 is 77.8 Å². The highest BCUT2D eigenvalue weighted by Crippen LogP contribution is 2.46. The van der Waals surface area contributed by atoms with Gasteiger partial charge in [0.1, 0.15) is 35.9 Å². The molecule has 1 amide bonds. The summed E-state index contributed by atoms with van der Waals surface area (Å²) in [5, 5.41) is 18.4. The number of benzene rings is 1. The average Bonchev–Trinajstić information content (AvgIpc) is 3.36. The summed E-state index contributed by atoms with van der Waals surface area (Å²) >= 11 is 0. The van der Waals surface area contributed by atoms with Crippen molar-refractivity contribution in [2.24, 2.45) is 23.7 Å². The Kier molecular flexibility index (Phi) is 12.4. The lowest BCUT2D eigenvalue weighted by Crippen LogP contribution is -2.60. The predicted octanol–water partition coefficient (Wildman–Crippen LogP) is 3.97. The van der Waals surface area contributed by atoms with Crippen LogP contribution in [0.4, 0.5) is 4.79 Å². The van der Waals surface area contributed by atoms with Crippen molar-refractivity contribution in [1.29, 1.82) is 0 Å². The highest BCUT2D eigenvalue weighted by atomic mass is 16.7. The fourth-order valence-corrected chi connectivity index (χ4v) is 9.29. The fourth-order valence-electron chi connectivity index (χ4n) is 9.29. The van der Waals surface area contributed by atoms with Crippen molar-refractivity contribution >= 4 is 17.8 Å². The van der Waals surface area contributed by atoms with Crippen LogP contribution in [-0.4, -0.2) is 116 Å². The number of rotatable bonds is 7. The zero-order valence-electron chi connectivity index (χ0n) is 33.3. The van der Waals surface area contributed by atoms with Gasteiger partial charge in [-0.15, -0.1) is 0 Å². The second-order valence-corrected chi connectivity index (χ2v) is 16.2. The van der Waals surface area contributed by atoms with Gasteiger partial charge in [0.25, 0.3) is 0 Å². The molecule has 0 aromatic heterocycles. The third-order valence-electron chi connectivity index (χ3n) is 12.2. The van der Waals surface area contributed by atoms with Crippen LogP contribution in [0.15, 0.2) is 18.2 Å². The van der Waals surface area contributed by atoms with Crippen molar-refractivity contribution in [3.8, 4) is 11.5 Å². The molecule has 1 aromatic rings. The van der Waals surface area contributed by atoms with Crippen molar-refractivity contribution in [1.82, 2.24) is 15.5 Å². The monoisotopic (exact) mass is 747 g/mol. The number of ketones is 1. The van der Waals surface area contributed by atoms with Gasteiger partial charge in [-0.2, -0.15) is 0 Å². The highest BCUT2D eigenvalue weighted by molar-refractivity contribution is 6.00. The molecule has 15 atom stereocenters. The number of carbonyl (C=O) groups excluding carboxylic acids is 3. The Morgan fingerprint density at radius 2 is 1.74 bits per heavy atom. The highest BCUT2D eigenvalue weighted by Gasteiger charge is 2.58. The molecule has 0 spiro atoms. The maximum Gasteiger partial charge on any atom is 0.408 e. The van der Waals surface area contributed by atoms with Crippen molar-refractivity contribution in [2.75, 3.05) is 28.3 Å². The molecule has 14 nitrogen and oxygen atoms in total. The minimum Gasteiger partial charge on any atom is -0.497 e. The van der Waals surface area contributed by atoms with E-state index in [2.05, 4.69) is 17.6 Å². The van der Waals surface area contributed by atoms with Crippen LogP contribution >= 0.6 is 0 Å². The van der Waals surface area contributed by atoms with E-state index in [4.69, 9.17) is 33.2 Å². The second-order valence-electron chi connectivity index (χ2n) is 16.2. The lowest BCUT2D eigenvalue weighted by Gasteiger charge is -2.47. The summed E-state index contributed by atoms with van der Waals surface area (Å²) in [4.78, 5) is 43.3. The predicted molar refractivity (Wildman–Crippen MR) is 194 cm³/mol. The summed E-state index contributed by atoms with van der Waals surface area (Å²) in [6, 6.07) is 4.29. The number of esters is 1. The molecular weight excluding hydrogens is 686 g/mol. The lowest BCUT2D eigenvalue weighted by molar-refractivity contribution is -0.301.